The second-order valence-electron chi connectivity index (χ2n) is 5.11. The van der Waals surface area contributed by atoms with Gasteiger partial charge in [-0.25, -0.2) is 4.99 Å². The molecule has 0 aliphatic rings. The Morgan fingerprint density at radius 2 is 1.64 bits per heavy atom. The second kappa shape index (κ2) is 12.4. The quantitative estimate of drug-likeness (QED) is 0.480. The minimum Gasteiger partial charge on any atom is -0.508 e. The molecular formula is C20H26N4O. The molecule has 0 saturated carbocycles. The number of phenols is 1. The van der Waals surface area contributed by atoms with Crippen LogP contribution in [0.15, 0.2) is 78.2 Å². The van der Waals surface area contributed by atoms with Gasteiger partial charge in [0.15, 0.2) is 0 Å². The summed E-state index contributed by atoms with van der Waals surface area (Å²) in [5.74, 6) is 0.557. The molecule has 0 aliphatic heterocycles. The Kier molecular flexibility index (Phi) is 9.87. The third-order valence-electron chi connectivity index (χ3n) is 3.02. The van der Waals surface area contributed by atoms with Gasteiger partial charge < -0.3 is 15.8 Å². The van der Waals surface area contributed by atoms with E-state index >= 15 is 0 Å². The molecule has 5 nitrogen and oxygen atoms in total. The Hall–Kier alpha value is -3.08. The fourth-order valence-corrected chi connectivity index (χ4v) is 1.52. The summed E-state index contributed by atoms with van der Waals surface area (Å²) in [4.78, 5) is 11.1. The lowest BCUT2D eigenvalue weighted by Gasteiger charge is -1.99. The van der Waals surface area contributed by atoms with Crippen LogP contribution in [-0.2, 0) is 0 Å². The fraction of sp³-hybridized carbons (Fsp3) is 0.200. The number of phenolic OH excluding ortho intramolecular Hbond substituents is 1. The van der Waals surface area contributed by atoms with Crippen molar-refractivity contribution < 1.29 is 5.11 Å². The van der Waals surface area contributed by atoms with Crippen molar-refractivity contribution in [2.24, 2.45) is 10.7 Å². The maximum atomic E-state index is 9.12. The summed E-state index contributed by atoms with van der Waals surface area (Å²) in [5, 5.41) is 9.12. The summed E-state index contributed by atoms with van der Waals surface area (Å²) in [5.41, 5.74) is 7.11. The summed E-state index contributed by atoms with van der Waals surface area (Å²) < 4.78 is 0. The molecule has 1 aromatic carbocycles. The molecule has 4 N–H and O–H groups in total. The van der Waals surface area contributed by atoms with Crippen molar-refractivity contribution in [3.8, 4) is 5.75 Å². The minimum absolute atomic E-state index is 0.204. The highest BCUT2D eigenvalue weighted by molar-refractivity contribution is 5.97. The SMILES string of the molecule is CCCC.NC(=Nc1ccc(O)cc1)c1ccccn1.c1cc[nH]c1. The standard InChI is InChI=1S/C12H11N3O.C4H5N.C4H10/c13-12(11-3-1-2-8-14-11)15-9-4-6-10(16)7-5-9;1-2-4-5-3-1;1-3-4-2/h1-8,16H,(H2,13,15);1-5H;3-4H2,1-2H3. The Balaban J connectivity index is 0.000000285. The lowest BCUT2D eigenvalue weighted by molar-refractivity contribution is 0.475. The highest BCUT2D eigenvalue weighted by Crippen LogP contribution is 2.16. The average molecular weight is 338 g/mol. The lowest BCUT2D eigenvalue weighted by Crippen LogP contribution is -2.14. The smallest absolute Gasteiger partial charge is 0.150 e. The number of rotatable bonds is 3. The Morgan fingerprint density at radius 3 is 2.08 bits per heavy atom. The Bertz CT molecular complexity index is 673. The Labute approximate surface area is 149 Å². The first-order valence-electron chi connectivity index (χ1n) is 8.29. The zero-order chi connectivity index (χ0) is 18.3. The van der Waals surface area contributed by atoms with E-state index < -0.39 is 0 Å². The van der Waals surface area contributed by atoms with Crippen LogP contribution in [0.4, 0.5) is 5.69 Å². The van der Waals surface area contributed by atoms with Gasteiger partial charge in [0.1, 0.15) is 17.3 Å². The van der Waals surface area contributed by atoms with E-state index in [9.17, 15) is 0 Å². The molecule has 3 rings (SSSR count). The van der Waals surface area contributed by atoms with Crippen LogP contribution >= 0.6 is 0 Å². The van der Waals surface area contributed by atoms with E-state index in [4.69, 9.17) is 10.8 Å². The molecule has 0 unspecified atom stereocenters. The summed E-state index contributed by atoms with van der Waals surface area (Å²) >= 11 is 0. The number of nitrogens with two attached hydrogens (primary N) is 1. The molecule has 25 heavy (non-hydrogen) atoms. The van der Waals surface area contributed by atoms with Crippen LogP contribution in [0.1, 0.15) is 32.4 Å². The largest absolute Gasteiger partial charge is 0.508 e. The number of pyridine rings is 1. The van der Waals surface area contributed by atoms with Gasteiger partial charge in [0.2, 0.25) is 0 Å². The van der Waals surface area contributed by atoms with E-state index in [1.54, 1.807) is 36.5 Å². The molecule has 0 spiro atoms. The monoisotopic (exact) mass is 338 g/mol. The minimum atomic E-state index is 0.204. The molecular weight excluding hydrogens is 312 g/mol. The van der Waals surface area contributed by atoms with Gasteiger partial charge in [-0.3, -0.25) is 4.98 Å². The molecule has 3 aromatic rings. The average Bonchev–Trinajstić information content (AvgIpc) is 3.24. The molecule has 0 bridgehead atoms. The lowest BCUT2D eigenvalue weighted by atomic mass is 10.3. The number of hydrogen-bond donors (Lipinski definition) is 3. The molecule has 0 fully saturated rings. The van der Waals surface area contributed by atoms with Gasteiger partial charge in [-0.15, -0.1) is 0 Å². The first kappa shape index (κ1) is 20.0. The van der Waals surface area contributed by atoms with Crippen molar-refractivity contribution >= 4 is 11.5 Å². The van der Waals surface area contributed by atoms with Crippen LogP contribution in [0, 0.1) is 0 Å². The van der Waals surface area contributed by atoms with Gasteiger partial charge in [0.05, 0.1) is 5.69 Å². The van der Waals surface area contributed by atoms with Crippen molar-refractivity contribution in [1.82, 2.24) is 9.97 Å². The number of aromatic hydroxyl groups is 1. The van der Waals surface area contributed by atoms with E-state index in [2.05, 4.69) is 28.8 Å². The number of aliphatic imine (C=N–C) groups is 1. The number of aromatic nitrogens is 2. The number of benzene rings is 1. The number of H-pyrrole nitrogens is 1. The van der Waals surface area contributed by atoms with Crippen molar-refractivity contribution in [1.29, 1.82) is 0 Å². The number of hydrogen-bond acceptors (Lipinski definition) is 3. The van der Waals surface area contributed by atoms with Crippen LogP contribution in [0.25, 0.3) is 0 Å². The number of aromatic amines is 1. The van der Waals surface area contributed by atoms with E-state index in [0.717, 1.165) is 0 Å². The second-order valence-corrected chi connectivity index (χ2v) is 5.11. The number of nitrogens with zero attached hydrogens (tertiary/aromatic N) is 2. The predicted octanol–water partition coefficient (Wildman–Crippen LogP) is 4.65. The molecule has 0 atom stereocenters. The molecule has 0 aliphatic carbocycles. The Morgan fingerprint density at radius 1 is 1.00 bits per heavy atom. The topological polar surface area (TPSA) is 87.3 Å². The zero-order valence-corrected chi connectivity index (χ0v) is 14.8. The van der Waals surface area contributed by atoms with Crippen LogP contribution in [0.2, 0.25) is 0 Å². The van der Waals surface area contributed by atoms with Crippen LogP contribution < -0.4 is 5.73 Å². The van der Waals surface area contributed by atoms with Crippen LogP contribution in [0.5, 0.6) is 5.75 Å². The van der Waals surface area contributed by atoms with Crippen LogP contribution in [-0.4, -0.2) is 20.9 Å². The predicted molar refractivity (Wildman–Crippen MR) is 104 cm³/mol. The maximum Gasteiger partial charge on any atom is 0.150 e. The van der Waals surface area contributed by atoms with Gasteiger partial charge in [-0.05, 0) is 48.5 Å². The third-order valence-corrected chi connectivity index (χ3v) is 3.02. The van der Waals surface area contributed by atoms with Gasteiger partial charge in [0, 0.05) is 18.6 Å². The van der Waals surface area contributed by atoms with Crippen molar-refractivity contribution in [3.63, 3.8) is 0 Å². The van der Waals surface area contributed by atoms with E-state index in [1.807, 2.05) is 36.7 Å². The summed E-state index contributed by atoms with van der Waals surface area (Å²) in [6.07, 6.45) is 8.05. The number of nitrogens with one attached hydrogen (secondary N) is 1. The number of amidine groups is 1. The van der Waals surface area contributed by atoms with Gasteiger partial charge in [-0.1, -0.05) is 32.8 Å². The van der Waals surface area contributed by atoms with Crippen LogP contribution in [0.3, 0.4) is 0 Å². The third kappa shape index (κ3) is 8.95. The van der Waals surface area contributed by atoms with Crippen molar-refractivity contribution in [3.05, 3.63) is 78.9 Å². The molecule has 132 valence electrons. The normalized spacial score (nSPS) is 10.1. The highest BCUT2D eigenvalue weighted by atomic mass is 16.3. The molecule has 0 saturated heterocycles. The fourth-order valence-electron chi connectivity index (χ4n) is 1.52. The summed E-state index contributed by atoms with van der Waals surface area (Å²) in [6, 6.07) is 15.8. The first-order chi connectivity index (χ1) is 12.2. The van der Waals surface area contributed by atoms with Gasteiger partial charge in [0.25, 0.3) is 0 Å². The highest BCUT2D eigenvalue weighted by Gasteiger charge is 1.98. The van der Waals surface area contributed by atoms with E-state index in [0.29, 0.717) is 17.2 Å². The summed E-state index contributed by atoms with van der Waals surface area (Å²) in [6.45, 7) is 4.36. The zero-order valence-electron chi connectivity index (χ0n) is 14.8. The molecule has 5 heteroatoms. The molecule has 2 aromatic heterocycles. The first-order valence-corrected chi connectivity index (χ1v) is 8.29. The van der Waals surface area contributed by atoms with Crippen molar-refractivity contribution in [2.45, 2.75) is 26.7 Å². The summed E-state index contributed by atoms with van der Waals surface area (Å²) in [7, 11) is 0. The maximum absolute atomic E-state index is 9.12. The molecule has 0 amide bonds. The van der Waals surface area contributed by atoms with Gasteiger partial charge >= 0.3 is 0 Å². The number of unbranched alkanes of at least 4 members (excludes halogenated alkanes) is 1. The van der Waals surface area contributed by atoms with E-state index in [1.165, 1.54) is 12.8 Å². The van der Waals surface area contributed by atoms with E-state index in [-0.39, 0.29) is 5.75 Å². The molecule has 2 heterocycles. The van der Waals surface area contributed by atoms with Crippen molar-refractivity contribution in [2.75, 3.05) is 0 Å². The van der Waals surface area contributed by atoms with Gasteiger partial charge in [-0.2, -0.15) is 0 Å². The molecule has 0 radical (unpaired) electrons.